The first kappa shape index (κ1) is 19.3. The average molecular weight is 434 g/mol. The van der Waals surface area contributed by atoms with Crippen molar-refractivity contribution in [2.45, 2.75) is 0 Å². The molecule has 0 unspecified atom stereocenters. The first-order chi connectivity index (χ1) is 16.9. The molecular weight excluding hydrogens is 414 g/mol. The maximum atomic E-state index is 6.51. The van der Waals surface area contributed by atoms with E-state index >= 15 is 0 Å². The van der Waals surface area contributed by atoms with E-state index in [1.54, 1.807) is 0 Å². The Hall–Kier alpha value is -4.17. The number of hydrogen-bond acceptors (Lipinski definition) is 2. The zero-order chi connectivity index (χ0) is 22.5. The van der Waals surface area contributed by atoms with Gasteiger partial charge in [-0.1, -0.05) is 108 Å². The van der Waals surface area contributed by atoms with Crippen molar-refractivity contribution in [1.29, 1.82) is 0 Å². The summed E-state index contributed by atoms with van der Waals surface area (Å²) in [5.74, 6) is 3.62. The molecule has 2 aliphatic rings. The molecule has 0 amide bonds. The fourth-order valence-electron chi connectivity index (χ4n) is 5.53. The maximum absolute atomic E-state index is 6.51. The molecule has 0 saturated carbocycles. The molecule has 158 valence electrons. The van der Waals surface area contributed by atoms with E-state index in [4.69, 9.17) is 9.47 Å². The molecule has 34 heavy (non-hydrogen) atoms. The smallest absolute Gasteiger partial charge is 0.250 e. The summed E-state index contributed by atoms with van der Waals surface area (Å²) in [5.41, 5.74) is 7.23. The molecule has 0 radical (unpaired) electrons. The number of hydrogen-bond donors (Lipinski definition) is 0. The number of para-hydroxylation sites is 2. The predicted octanol–water partition coefficient (Wildman–Crippen LogP) is 2.93. The van der Waals surface area contributed by atoms with Gasteiger partial charge in [-0.25, -0.2) is 0 Å². The minimum absolute atomic E-state index is 0.0520. The van der Waals surface area contributed by atoms with Crippen molar-refractivity contribution in [3.05, 3.63) is 121 Å². The summed E-state index contributed by atoms with van der Waals surface area (Å²) < 4.78 is 13.0. The van der Waals surface area contributed by atoms with E-state index in [2.05, 4.69) is 109 Å². The van der Waals surface area contributed by atoms with Gasteiger partial charge in [0.15, 0.2) is 0 Å². The Labute approximate surface area is 200 Å². The molecule has 0 aliphatic carbocycles. The van der Waals surface area contributed by atoms with Gasteiger partial charge in [-0.05, 0) is 46.1 Å². The highest BCUT2D eigenvalue weighted by molar-refractivity contribution is 7.05. The topological polar surface area (TPSA) is 18.5 Å². The third kappa shape index (κ3) is 2.92. The Morgan fingerprint density at radius 1 is 0.353 bits per heavy atom. The molecule has 0 saturated heterocycles. The molecule has 2 heterocycles. The van der Waals surface area contributed by atoms with Crippen molar-refractivity contribution < 1.29 is 9.47 Å². The van der Waals surface area contributed by atoms with E-state index in [1.807, 2.05) is 12.1 Å². The van der Waals surface area contributed by atoms with Crippen molar-refractivity contribution in [3.63, 3.8) is 0 Å². The lowest BCUT2D eigenvalue weighted by atomic mass is 9.27. The normalized spacial score (nSPS) is 13.1. The largest absolute Gasteiger partial charge is 0.458 e. The van der Waals surface area contributed by atoms with Crippen LogP contribution in [0.3, 0.4) is 0 Å². The molecule has 0 N–H and O–H groups in total. The molecule has 0 atom stereocenters. The molecule has 2 nitrogen and oxygen atoms in total. The van der Waals surface area contributed by atoms with Gasteiger partial charge in [-0.3, -0.25) is 0 Å². The van der Waals surface area contributed by atoms with Crippen molar-refractivity contribution in [3.8, 4) is 23.0 Å². The Balaban J connectivity index is 1.55. The lowest BCUT2D eigenvalue weighted by Gasteiger charge is -2.34. The molecule has 7 rings (SSSR count). The highest BCUT2D eigenvalue weighted by Crippen LogP contribution is 2.30. The summed E-state index contributed by atoms with van der Waals surface area (Å²) >= 11 is 0. The van der Waals surface area contributed by atoms with E-state index in [1.165, 1.54) is 32.8 Å². The van der Waals surface area contributed by atoms with Gasteiger partial charge in [0.2, 0.25) is 13.4 Å². The average Bonchev–Trinajstić information content (AvgIpc) is 2.91. The summed E-state index contributed by atoms with van der Waals surface area (Å²) in [6.45, 7) is 0.104. The van der Waals surface area contributed by atoms with Gasteiger partial charge in [0.05, 0.1) is 0 Å². The fraction of sp³-hybridized carbons (Fsp3) is 0. The third-order valence-electron chi connectivity index (χ3n) is 6.95. The van der Waals surface area contributed by atoms with Crippen LogP contribution in [0.5, 0.6) is 23.0 Å². The van der Waals surface area contributed by atoms with Crippen molar-refractivity contribution in [2.24, 2.45) is 0 Å². The van der Waals surface area contributed by atoms with Crippen LogP contribution in [0.1, 0.15) is 0 Å². The van der Waals surface area contributed by atoms with Gasteiger partial charge >= 0.3 is 0 Å². The minimum atomic E-state index is 0.0520. The molecule has 0 aromatic heterocycles. The summed E-state index contributed by atoms with van der Waals surface area (Å²) in [4.78, 5) is 0. The molecule has 5 aromatic carbocycles. The summed E-state index contributed by atoms with van der Waals surface area (Å²) in [6.07, 6.45) is 0. The van der Waals surface area contributed by atoms with E-state index in [0.717, 1.165) is 23.0 Å². The predicted molar refractivity (Wildman–Crippen MR) is 142 cm³/mol. The SMILES string of the molecule is c1ccc(B2c3ccccc3Oc3ccc4c(c32)B(c2ccccc2)c2ccccc2O4)cc1. The number of ether oxygens (including phenoxy) is 2. The number of rotatable bonds is 2. The molecular formula is C30H20B2O2. The molecule has 4 heteroatoms. The zero-order valence-corrected chi connectivity index (χ0v) is 18.5. The highest BCUT2D eigenvalue weighted by Gasteiger charge is 2.41. The third-order valence-corrected chi connectivity index (χ3v) is 6.95. The molecule has 0 fully saturated rings. The Morgan fingerprint density at radius 2 is 0.735 bits per heavy atom. The summed E-state index contributed by atoms with van der Waals surface area (Å²) in [7, 11) is 0. The number of benzene rings is 5. The Bertz CT molecular complexity index is 1400. The standard InChI is InChI=1S/C30H20B2O2/c1-3-11-21(12-4-1)31-23-15-7-9-17-25(23)33-27-19-20-28-30(29(27)31)32(22-13-5-2-6-14-22)24-16-8-10-18-26(24)34-28/h1-20H. The van der Waals surface area contributed by atoms with Gasteiger partial charge in [-0.15, -0.1) is 0 Å². The maximum Gasteiger partial charge on any atom is 0.250 e. The number of fused-ring (bicyclic) bond motifs is 5. The van der Waals surface area contributed by atoms with Crippen LogP contribution in [0.15, 0.2) is 121 Å². The second-order valence-corrected chi connectivity index (χ2v) is 8.86. The van der Waals surface area contributed by atoms with Crippen LogP contribution in [-0.2, 0) is 0 Å². The van der Waals surface area contributed by atoms with Gasteiger partial charge < -0.3 is 9.47 Å². The molecule has 0 bridgehead atoms. The first-order valence-electron chi connectivity index (χ1n) is 11.7. The quantitative estimate of drug-likeness (QED) is 0.390. The van der Waals surface area contributed by atoms with E-state index < -0.39 is 0 Å². The highest BCUT2D eigenvalue weighted by atomic mass is 16.5. The van der Waals surface area contributed by atoms with Gasteiger partial charge in [-0.2, -0.15) is 0 Å². The van der Waals surface area contributed by atoms with E-state index in [0.29, 0.717) is 0 Å². The first-order valence-corrected chi connectivity index (χ1v) is 11.7. The minimum Gasteiger partial charge on any atom is -0.458 e. The second-order valence-electron chi connectivity index (χ2n) is 8.86. The van der Waals surface area contributed by atoms with Gasteiger partial charge in [0, 0.05) is 0 Å². The van der Waals surface area contributed by atoms with Crippen LogP contribution < -0.4 is 42.3 Å². The molecule has 0 spiro atoms. The molecule has 2 aliphatic heterocycles. The van der Waals surface area contributed by atoms with Crippen LogP contribution in [0.4, 0.5) is 0 Å². The van der Waals surface area contributed by atoms with Crippen molar-refractivity contribution in [1.82, 2.24) is 0 Å². The lowest BCUT2D eigenvalue weighted by Crippen LogP contribution is -2.67. The van der Waals surface area contributed by atoms with Crippen LogP contribution in [0, 0.1) is 0 Å². The van der Waals surface area contributed by atoms with Gasteiger partial charge in [0.25, 0.3) is 0 Å². The Morgan fingerprint density at radius 3 is 1.18 bits per heavy atom. The van der Waals surface area contributed by atoms with Crippen molar-refractivity contribution >= 4 is 46.2 Å². The van der Waals surface area contributed by atoms with Crippen LogP contribution in [-0.4, -0.2) is 13.4 Å². The summed E-state index contributed by atoms with van der Waals surface area (Å²) in [5, 5.41) is 0. The second kappa shape index (κ2) is 7.71. The van der Waals surface area contributed by atoms with Crippen LogP contribution >= 0.6 is 0 Å². The zero-order valence-electron chi connectivity index (χ0n) is 18.5. The Kier molecular flexibility index (Phi) is 4.38. The van der Waals surface area contributed by atoms with Gasteiger partial charge in [0.1, 0.15) is 23.0 Å². The monoisotopic (exact) mass is 434 g/mol. The summed E-state index contributed by atoms with van der Waals surface area (Å²) in [6, 6.07) is 42.3. The van der Waals surface area contributed by atoms with E-state index in [-0.39, 0.29) is 13.4 Å². The van der Waals surface area contributed by atoms with Crippen molar-refractivity contribution in [2.75, 3.05) is 0 Å². The lowest BCUT2D eigenvalue weighted by molar-refractivity contribution is 0.475. The molecule has 5 aromatic rings. The fourth-order valence-corrected chi connectivity index (χ4v) is 5.53. The van der Waals surface area contributed by atoms with E-state index in [9.17, 15) is 0 Å². The van der Waals surface area contributed by atoms with Crippen LogP contribution in [0.25, 0.3) is 0 Å². The van der Waals surface area contributed by atoms with Crippen LogP contribution in [0.2, 0.25) is 0 Å².